The largest absolute Gasteiger partial charge is 0.360 e. The number of hydrogen-bond acceptors (Lipinski definition) is 3. The number of aromatic nitrogens is 1. The molecule has 3 heteroatoms. The zero-order valence-electron chi connectivity index (χ0n) is 5.41. The van der Waals surface area contributed by atoms with Crippen molar-refractivity contribution < 1.29 is 9.32 Å². The highest BCUT2D eigenvalue weighted by Crippen LogP contribution is 2.41. The molecule has 52 valence electrons. The first-order valence-electron chi connectivity index (χ1n) is 3.31. The van der Waals surface area contributed by atoms with Crippen molar-refractivity contribution in [1.29, 1.82) is 0 Å². The third-order valence-electron chi connectivity index (χ3n) is 1.70. The highest BCUT2D eigenvalue weighted by atomic mass is 16.5. The third-order valence-corrected chi connectivity index (χ3v) is 1.70. The first kappa shape index (κ1) is 5.65. The van der Waals surface area contributed by atoms with Gasteiger partial charge in [-0.25, -0.2) is 0 Å². The van der Waals surface area contributed by atoms with E-state index in [-0.39, 0.29) is 0 Å². The second-order valence-corrected chi connectivity index (χ2v) is 2.54. The molecule has 0 unspecified atom stereocenters. The summed E-state index contributed by atoms with van der Waals surface area (Å²) >= 11 is 0. The number of hydrogen-bond donors (Lipinski definition) is 0. The Kier molecular flexibility index (Phi) is 1.09. The average Bonchev–Trinajstić information content (AvgIpc) is 2.69. The van der Waals surface area contributed by atoms with Gasteiger partial charge in [-0.15, -0.1) is 0 Å². The fourth-order valence-corrected chi connectivity index (χ4v) is 1.00. The van der Waals surface area contributed by atoms with Crippen LogP contribution in [0, 0.1) is 0 Å². The number of nitrogens with zero attached hydrogens (tertiary/aromatic N) is 1. The molecule has 2 rings (SSSR count). The van der Waals surface area contributed by atoms with E-state index >= 15 is 0 Å². The smallest absolute Gasteiger partial charge is 0.155 e. The van der Waals surface area contributed by atoms with Gasteiger partial charge in [-0.2, -0.15) is 0 Å². The lowest BCUT2D eigenvalue weighted by molar-refractivity contribution is 0.112. The molecule has 0 aliphatic heterocycles. The highest BCUT2D eigenvalue weighted by molar-refractivity contribution is 5.75. The lowest BCUT2D eigenvalue weighted by atomic mass is 10.2. The summed E-state index contributed by atoms with van der Waals surface area (Å²) in [5.41, 5.74) is 0.613. The summed E-state index contributed by atoms with van der Waals surface area (Å²) in [6.07, 6.45) is 4.54. The van der Waals surface area contributed by atoms with Gasteiger partial charge in [-0.3, -0.25) is 4.79 Å². The first-order chi connectivity index (χ1) is 4.92. The molecule has 1 saturated carbocycles. The van der Waals surface area contributed by atoms with E-state index in [0.29, 0.717) is 11.5 Å². The van der Waals surface area contributed by atoms with Crippen molar-refractivity contribution in [2.24, 2.45) is 0 Å². The van der Waals surface area contributed by atoms with E-state index < -0.39 is 0 Å². The summed E-state index contributed by atoms with van der Waals surface area (Å²) in [6.45, 7) is 0. The van der Waals surface area contributed by atoms with Crippen molar-refractivity contribution in [2.45, 2.75) is 18.8 Å². The summed E-state index contributed by atoms with van der Waals surface area (Å²) in [5.74, 6) is 1.25. The molecule has 3 nitrogen and oxygen atoms in total. The summed E-state index contributed by atoms with van der Waals surface area (Å²) in [5, 5.41) is 3.55. The maximum Gasteiger partial charge on any atom is 0.155 e. The molecule has 0 N–H and O–H groups in total. The molecule has 1 fully saturated rings. The highest BCUT2D eigenvalue weighted by Gasteiger charge is 2.29. The molecule has 0 bridgehead atoms. The first-order valence-corrected chi connectivity index (χ1v) is 3.31. The van der Waals surface area contributed by atoms with Gasteiger partial charge in [0, 0.05) is 5.92 Å². The normalized spacial score (nSPS) is 17.2. The van der Waals surface area contributed by atoms with Crippen LogP contribution in [0.4, 0.5) is 0 Å². The molecule has 1 aromatic rings. The van der Waals surface area contributed by atoms with Gasteiger partial charge in [0.15, 0.2) is 6.29 Å². The van der Waals surface area contributed by atoms with Crippen molar-refractivity contribution in [1.82, 2.24) is 5.16 Å². The van der Waals surface area contributed by atoms with Crippen LogP contribution >= 0.6 is 0 Å². The maximum absolute atomic E-state index is 10.3. The minimum Gasteiger partial charge on any atom is -0.360 e. The predicted octanol–water partition coefficient (Wildman–Crippen LogP) is 1.36. The number of carbonyl (C=O) groups excluding carboxylic acids is 1. The lowest BCUT2D eigenvalue weighted by Crippen LogP contribution is -1.81. The molecule has 1 aromatic heterocycles. The fraction of sp³-hybridized carbons (Fsp3) is 0.429. The Hall–Kier alpha value is -1.12. The Bertz CT molecular complexity index is 250. The molecule has 0 radical (unpaired) electrons. The third kappa shape index (κ3) is 0.744. The molecule has 0 aromatic carbocycles. The van der Waals surface area contributed by atoms with Crippen molar-refractivity contribution >= 4 is 6.29 Å². The number of rotatable bonds is 2. The number of carbonyl (C=O) groups is 1. The van der Waals surface area contributed by atoms with Crippen molar-refractivity contribution in [3.63, 3.8) is 0 Å². The van der Waals surface area contributed by atoms with Gasteiger partial charge in [0.25, 0.3) is 0 Å². The van der Waals surface area contributed by atoms with Crippen LogP contribution in [0.15, 0.2) is 10.7 Å². The van der Waals surface area contributed by atoms with Crippen LogP contribution < -0.4 is 0 Å². The van der Waals surface area contributed by atoms with Crippen LogP contribution in [-0.4, -0.2) is 11.4 Å². The Morgan fingerprint density at radius 1 is 1.70 bits per heavy atom. The molecular weight excluding hydrogens is 130 g/mol. The van der Waals surface area contributed by atoms with Gasteiger partial charge in [0.05, 0.1) is 11.8 Å². The second kappa shape index (κ2) is 1.94. The van der Waals surface area contributed by atoms with Crippen molar-refractivity contribution in [3.05, 3.63) is 17.5 Å². The maximum atomic E-state index is 10.3. The Labute approximate surface area is 58.0 Å². The van der Waals surface area contributed by atoms with Crippen molar-refractivity contribution in [2.75, 3.05) is 0 Å². The monoisotopic (exact) mass is 137 g/mol. The lowest BCUT2D eigenvalue weighted by Gasteiger charge is -1.85. The van der Waals surface area contributed by atoms with Gasteiger partial charge in [-0.1, -0.05) is 5.16 Å². The van der Waals surface area contributed by atoms with E-state index in [1.165, 1.54) is 6.20 Å². The molecular formula is C7H7NO2. The van der Waals surface area contributed by atoms with E-state index in [1.54, 1.807) is 0 Å². The van der Waals surface area contributed by atoms with Gasteiger partial charge in [0.2, 0.25) is 0 Å². The Balaban J connectivity index is 2.37. The zero-order chi connectivity index (χ0) is 6.97. The van der Waals surface area contributed by atoms with Crippen LogP contribution in [-0.2, 0) is 0 Å². The zero-order valence-corrected chi connectivity index (χ0v) is 5.41. The Morgan fingerprint density at radius 2 is 2.50 bits per heavy atom. The van der Waals surface area contributed by atoms with E-state index in [4.69, 9.17) is 4.52 Å². The van der Waals surface area contributed by atoms with E-state index in [0.717, 1.165) is 24.9 Å². The summed E-state index contributed by atoms with van der Waals surface area (Å²) in [6, 6.07) is 0. The fourth-order valence-electron chi connectivity index (χ4n) is 1.00. The van der Waals surface area contributed by atoms with Crippen LogP contribution in [0.3, 0.4) is 0 Å². The molecule has 0 spiro atoms. The minimum absolute atomic E-state index is 0.475. The molecule has 1 aliphatic carbocycles. The van der Waals surface area contributed by atoms with Crippen LogP contribution in [0.2, 0.25) is 0 Å². The predicted molar refractivity (Wildman–Crippen MR) is 33.9 cm³/mol. The summed E-state index contributed by atoms with van der Waals surface area (Å²) in [4.78, 5) is 10.3. The average molecular weight is 137 g/mol. The standard InChI is InChI=1S/C7H7NO2/c9-4-6-3-8-10-7(6)5-1-2-5/h3-5H,1-2H2. The summed E-state index contributed by atoms with van der Waals surface area (Å²) in [7, 11) is 0. The van der Waals surface area contributed by atoms with E-state index in [9.17, 15) is 4.79 Å². The van der Waals surface area contributed by atoms with E-state index in [1.807, 2.05) is 0 Å². The molecule has 0 saturated heterocycles. The quantitative estimate of drug-likeness (QED) is 0.578. The van der Waals surface area contributed by atoms with Crippen LogP contribution in [0.25, 0.3) is 0 Å². The van der Waals surface area contributed by atoms with Gasteiger partial charge in [0.1, 0.15) is 5.76 Å². The van der Waals surface area contributed by atoms with Crippen molar-refractivity contribution in [3.8, 4) is 0 Å². The molecule has 0 atom stereocenters. The second-order valence-electron chi connectivity index (χ2n) is 2.54. The Morgan fingerprint density at radius 3 is 3.10 bits per heavy atom. The van der Waals surface area contributed by atoms with Gasteiger partial charge in [-0.05, 0) is 12.8 Å². The molecule has 10 heavy (non-hydrogen) atoms. The topological polar surface area (TPSA) is 43.1 Å². The number of aldehydes is 1. The molecule has 0 amide bonds. The van der Waals surface area contributed by atoms with Crippen LogP contribution in [0.5, 0.6) is 0 Å². The SMILES string of the molecule is O=Cc1cnoc1C1CC1. The van der Waals surface area contributed by atoms with Gasteiger partial charge < -0.3 is 4.52 Å². The van der Waals surface area contributed by atoms with Gasteiger partial charge >= 0.3 is 0 Å². The molecule has 1 heterocycles. The van der Waals surface area contributed by atoms with Crippen LogP contribution in [0.1, 0.15) is 34.9 Å². The minimum atomic E-state index is 0.475. The summed E-state index contributed by atoms with van der Waals surface area (Å²) < 4.78 is 4.90. The molecule has 1 aliphatic rings. The van der Waals surface area contributed by atoms with E-state index in [2.05, 4.69) is 5.16 Å².